The zero-order valence-corrected chi connectivity index (χ0v) is 23.3. The van der Waals surface area contributed by atoms with E-state index in [9.17, 15) is 9.90 Å². The molecule has 0 aliphatic carbocycles. The maximum atomic E-state index is 12.9. The molecule has 6 heteroatoms. The molecule has 3 rings (SSSR count). The molecule has 1 aliphatic rings. The maximum Gasteiger partial charge on any atom is 0.410 e. The summed E-state index contributed by atoms with van der Waals surface area (Å²) < 4.78 is 12.7. The molecule has 1 aliphatic heterocycles. The van der Waals surface area contributed by atoms with Gasteiger partial charge >= 0.3 is 6.09 Å². The zero-order chi connectivity index (χ0) is 25.7. The van der Waals surface area contributed by atoms with E-state index in [1.165, 1.54) is 10.4 Å². The molecule has 1 amide bonds. The number of benzene rings is 2. The van der Waals surface area contributed by atoms with E-state index in [1.54, 1.807) is 4.90 Å². The number of nitrogens with zero attached hydrogens (tertiary/aromatic N) is 1. The van der Waals surface area contributed by atoms with Crippen LogP contribution < -0.4 is 10.4 Å². The molecule has 1 N–H and O–H groups in total. The Bertz CT molecular complexity index is 913. The predicted molar refractivity (Wildman–Crippen MR) is 145 cm³/mol. The fraction of sp³-hybridized carbons (Fsp3) is 0.552. The van der Waals surface area contributed by atoms with Crippen LogP contribution in [0.25, 0.3) is 0 Å². The Morgan fingerprint density at radius 3 is 1.97 bits per heavy atom. The van der Waals surface area contributed by atoms with Crippen LogP contribution in [0.15, 0.2) is 60.7 Å². The molecule has 1 unspecified atom stereocenters. The Morgan fingerprint density at radius 1 is 0.971 bits per heavy atom. The van der Waals surface area contributed by atoms with Gasteiger partial charge in [-0.2, -0.15) is 0 Å². The van der Waals surface area contributed by atoms with E-state index in [1.807, 2.05) is 32.9 Å². The lowest BCUT2D eigenvalue weighted by molar-refractivity contribution is -0.00823. The number of amides is 1. The SMILES string of the molecule is CC(C)(C)OC(=O)N1CCCC1(CO)CCCO[Si](c1ccccc1)(c1ccccc1)C(C)(C)C. The van der Waals surface area contributed by atoms with Crippen LogP contribution in [-0.4, -0.2) is 55.3 Å². The van der Waals surface area contributed by atoms with E-state index in [-0.39, 0.29) is 17.7 Å². The minimum absolute atomic E-state index is 0.0640. The normalized spacial score (nSPS) is 19.1. The van der Waals surface area contributed by atoms with Gasteiger partial charge in [0.15, 0.2) is 0 Å². The summed E-state index contributed by atoms with van der Waals surface area (Å²) in [5, 5.41) is 12.8. The second-order valence-electron chi connectivity index (χ2n) is 11.7. The summed E-state index contributed by atoms with van der Waals surface area (Å²) in [7, 11) is -2.60. The predicted octanol–water partition coefficient (Wildman–Crippen LogP) is 5.11. The van der Waals surface area contributed by atoms with Crippen molar-refractivity contribution in [2.45, 2.75) is 83.4 Å². The standard InChI is InChI=1S/C29H43NO4Si/c1-27(2,3)34-26(32)30-21-13-19-29(30,23-31)20-14-22-33-35(28(4,5)6,24-15-9-7-10-16-24)25-17-11-8-12-18-25/h7-12,15-18,31H,13-14,19-23H2,1-6H3. The Morgan fingerprint density at radius 2 is 1.51 bits per heavy atom. The molecule has 1 heterocycles. The van der Waals surface area contributed by atoms with Crippen molar-refractivity contribution < 1.29 is 19.1 Å². The summed E-state index contributed by atoms with van der Waals surface area (Å²) >= 11 is 0. The van der Waals surface area contributed by atoms with Crippen LogP contribution in [0.3, 0.4) is 0 Å². The maximum absolute atomic E-state index is 12.9. The van der Waals surface area contributed by atoms with Crippen LogP contribution in [0.1, 0.15) is 67.2 Å². The fourth-order valence-corrected chi connectivity index (χ4v) is 10.0. The summed E-state index contributed by atoms with van der Waals surface area (Å²) in [6, 6.07) is 21.2. The Labute approximate surface area is 212 Å². The Hall–Kier alpha value is -2.15. The molecule has 0 radical (unpaired) electrons. The lowest BCUT2D eigenvalue weighted by Crippen LogP contribution is -2.66. The van der Waals surface area contributed by atoms with Gasteiger partial charge in [-0.1, -0.05) is 81.4 Å². The molecular formula is C29H43NO4Si. The highest BCUT2D eigenvalue weighted by Crippen LogP contribution is 2.38. The first-order chi connectivity index (χ1) is 16.5. The molecule has 0 bridgehead atoms. The third-order valence-corrected chi connectivity index (χ3v) is 12.1. The van der Waals surface area contributed by atoms with Crippen LogP contribution >= 0.6 is 0 Å². The Kier molecular flexibility index (Phi) is 8.51. The quantitative estimate of drug-likeness (QED) is 0.407. The third kappa shape index (κ3) is 5.99. The highest BCUT2D eigenvalue weighted by molar-refractivity contribution is 6.99. The highest BCUT2D eigenvalue weighted by atomic mass is 28.4. The minimum Gasteiger partial charge on any atom is -0.444 e. The van der Waals surface area contributed by atoms with Crippen molar-refractivity contribution >= 4 is 24.8 Å². The van der Waals surface area contributed by atoms with E-state index in [4.69, 9.17) is 9.16 Å². The Balaban J connectivity index is 1.82. The molecule has 0 spiro atoms. The molecule has 1 fully saturated rings. The van der Waals surface area contributed by atoms with E-state index in [0.717, 1.165) is 19.3 Å². The first-order valence-electron chi connectivity index (χ1n) is 12.8. The molecule has 35 heavy (non-hydrogen) atoms. The second kappa shape index (κ2) is 10.9. The van der Waals surface area contributed by atoms with Gasteiger partial charge in [0.2, 0.25) is 0 Å². The number of carbonyl (C=O) groups excluding carboxylic acids is 1. The zero-order valence-electron chi connectivity index (χ0n) is 22.3. The van der Waals surface area contributed by atoms with Gasteiger partial charge in [0.05, 0.1) is 12.1 Å². The molecule has 1 atom stereocenters. The number of hydrogen-bond donors (Lipinski definition) is 1. The van der Waals surface area contributed by atoms with Crippen molar-refractivity contribution in [3.8, 4) is 0 Å². The average molecular weight is 498 g/mol. The summed E-state index contributed by atoms with van der Waals surface area (Å²) in [4.78, 5) is 14.6. The average Bonchev–Trinajstić information content (AvgIpc) is 3.23. The van der Waals surface area contributed by atoms with Crippen LogP contribution in [0.4, 0.5) is 4.79 Å². The largest absolute Gasteiger partial charge is 0.444 e. The number of rotatable bonds is 8. The summed E-state index contributed by atoms with van der Waals surface area (Å²) in [5.74, 6) is 0. The highest BCUT2D eigenvalue weighted by Gasteiger charge is 2.50. The molecule has 2 aromatic rings. The van der Waals surface area contributed by atoms with Crippen molar-refractivity contribution in [2.75, 3.05) is 19.8 Å². The number of aliphatic hydroxyl groups is 1. The van der Waals surface area contributed by atoms with Gasteiger partial charge in [-0.15, -0.1) is 0 Å². The first-order valence-corrected chi connectivity index (χ1v) is 14.7. The molecule has 192 valence electrons. The lowest BCUT2D eigenvalue weighted by atomic mass is 9.91. The summed E-state index contributed by atoms with van der Waals surface area (Å²) in [5.41, 5.74) is -1.15. The van der Waals surface area contributed by atoms with Crippen molar-refractivity contribution in [1.82, 2.24) is 4.90 Å². The van der Waals surface area contributed by atoms with Crippen LogP contribution in [0, 0.1) is 0 Å². The van der Waals surface area contributed by atoms with Gasteiger partial charge in [-0.3, -0.25) is 0 Å². The van der Waals surface area contributed by atoms with Gasteiger partial charge in [0.1, 0.15) is 5.60 Å². The summed E-state index contributed by atoms with van der Waals surface area (Å²) in [6.07, 6.45) is 2.75. The molecule has 1 saturated heterocycles. The second-order valence-corrected chi connectivity index (χ2v) is 16.0. The topological polar surface area (TPSA) is 59.0 Å². The number of ether oxygens (including phenoxy) is 1. The van der Waals surface area contributed by atoms with Crippen LogP contribution in [0.2, 0.25) is 5.04 Å². The van der Waals surface area contributed by atoms with E-state index >= 15 is 0 Å². The van der Waals surface area contributed by atoms with Gasteiger partial charge in [0, 0.05) is 13.2 Å². The number of carbonyl (C=O) groups is 1. The van der Waals surface area contributed by atoms with Crippen molar-refractivity contribution in [3.63, 3.8) is 0 Å². The lowest BCUT2D eigenvalue weighted by Gasteiger charge is -2.43. The van der Waals surface area contributed by atoms with Gasteiger partial charge < -0.3 is 19.2 Å². The van der Waals surface area contributed by atoms with E-state index in [0.29, 0.717) is 19.6 Å². The van der Waals surface area contributed by atoms with Crippen molar-refractivity contribution in [1.29, 1.82) is 0 Å². The number of likely N-dealkylation sites (tertiary alicyclic amines) is 1. The van der Waals surface area contributed by atoms with Crippen molar-refractivity contribution in [3.05, 3.63) is 60.7 Å². The summed E-state index contributed by atoms with van der Waals surface area (Å²) in [6.45, 7) is 13.6. The number of aliphatic hydroxyl groups excluding tert-OH is 1. The van der Waals surface area contributed by atoms with Crippen molar-refractivity contribution in [2.24, 2.45) is 0 Å². The van der Waals surface area contributed by atoms with Gasteiger partial charge in [-0.25, -0.2) is 4.79 Å². The first kappa shape index (κ1) is 27.4. The van der Waals surface area contributed by atoms with Crippen LogP contribution in [0.5, 0.6) is 0 Å². The fourth-order valence-electron chi connectivity index (χ4n) is 5.43. The molecule has 5 nitrogen and oxygen atoms in total. The molecule has 2 aromatic carbocycles. The third-order valence-electron chi connectivity index (χ3n) is 7.03. The molecule has 0 aromatic heterocycles. The monoisotopic (exact) mass is 497 g/mol. The van der Waals surface area contributed by atoms with Gasteiger partial charge in [0.25, 0.3) is 8.32 Å². The molecule has 0 saturated carbocycles. The smallest absolute Gasteiger partial charge is 0.410 e. The van der Waals surface area contributed by atoms with Crippen LogP contribution in [-0.2, 0) is 9.16 Å². The van der Waals surface area contributed by atoms with E-state index in [2.05, 4.69) is 69.3 Å². The van der Waals surface area contributed by atoms with E-state index < -0.39 is 19.5 Å². The molecular weight excluding hydrogens is 454 g/mol. The van der Waals surface area contributed by atoms with Gasteiger partial charge in [-0.05, 0) is 61.9 Å². The number of hydrogen-bond acceptors (Lipinski definition) is 4. The minimum atomic E-state index is -2.60.